The van der Waals surface area contributed by atoms with E-state index in [1.165, 1.54) is 60.7 Å². The zero-order valence-corrected chi connectivity index (χ0v) is 39.4. The van der Waals surface area contributed by atoms with Gasteiger partial charge in [0.05, 0.1) is 12.2 Å². The van der Waals surface area contributed by atoms with Crippen molar-refractivity contribution >= 4 is 58.5 Å². The molecule has 2 fully saturated rings. The first-order valence-corrected chi connectivity index (χ1v) is 23.0. The number of urea groups is 2. The van der Waals surface area contributed by atoms with Crippen molar-refractivity contribution < 1.29 is 47.6 Å². The molecule has 0 aromatic heterocycles. The Balaban J connectivity index is 1.15. The number of benzene rings is 4. The van der Waals surface area contributed by atoms with Gasteiger partial charge in [-0.3, -0.25) is 9.59 Å². The third kappa shape index (κ3) is 13.7. The highest BCUT2D eigenvalue weighted by Gasteiger charge is 2.38. The number of primary amides is 2. The van der Waals surface area contributed by atoms with Crippen LogP contribution in [-0.4, -0.2) is 120 Å². The van der Waals surface area contributed by atoms with E-state index in [4.69, 9.17) is 44.1 Å². The Bertz CT molecular complexity index is 2220. The molecule has 6 rings (SSSR count). The van der Waals surface area contributed by atoms with Crippen LogP contribution in [0.25, 0.3) is 0 Å². The van der Waals surface area contributed by atoms with Crippen molar-refractivity contribution in [1.29, 1.82) is 0 Å². The summed E-state index contributed by atoms with van der Waals surface area (Å²) in [4.78, 5) is 57.5. The van der Waals surface area contributed by atoms with Gasteiger partial charge in [-0.2, -0.15) is 10.0 Å². The smallest absolute Gasteiger partial charge is 0.338 e. The fourth-order valence-electron chi connectivity index (χ4n) is 8.58. The van der Waals surface area contributed by atoms with Crippen LogP contribution in [0.2, 0.25) is 10.0 Å². The lowest BCUT2D eigenvalue weighted by Crippen LogP contribution is -2.57. The van der Waals surface area contributed by atoms with Crippen LogP contribution in [-0.2, 0) is 22.4 Å². The molecule has 0 saturated carbocycles. The summed E-state index contributed by atoms with van der Waals surface area (Å²) >= 11 is 12.9. The third-order valence-electron chi connectivity index (χ3n) is 12.2. The van der Waals surface area contributed by atoms with Crippen LogP contribution in [0.15, 0.2) is 84.9 Å². The molecule has 2 aliphatic rings. The van der Waals surface area contributed by atoms with E-state index < -0.39 is 48.6 Å². The van der Waals surface area contributed by atoms with Crippen molar-refractivity contribution in [2.24, 2.45) is 11.5 Å². The molecule has 2 atom stereocenters. The van der Waals surface area contributed by atoms with Crippen LogP contribution < -0.4 is 41.6 Å². The summed E-state index contributed by atoms with van der Waals surface area (Å²) in [7, 11) is 0. The van der Waals surface area contributed by atoms with Gasteiger partial charge in [0.25, 0.3) is 11.8 Å². The number of carbonyl (C=O) groups is 4. The maximum Gasteiger partial charge on any atom is 0.338 e. The predicted octanol–water partition coefficient (Wildman–Crippen LogP) is 5.56. The molecule has 20 heteroatoms. The lowest BCUT2D eigenvalue weighted by molar-refractivity contribution is -0.135. The summed E-state index contributed by atoms with van der Waals surface area (Å²) in [6.07, 6.45) is 1.95. The molecule has 0 radical (unpaired) electrons. The van der Waals surface area contributed by atoms with Crippen molar-refractivity contribution in [1.82, 2.24) is 20.4 Å². The second kappa shape index (κ2) is 23.0. The first-order chi connectivity index (χ1) is 32.3. The second-order valence-corrected chi connectivity index (χ2v) is 18.4. The van der Waals surface area contributed by atoms with Crippen molar-refractivity contribution in [2.45, 2.75) is 75.7 Å². The molecule has 2 heterocycles. The van der Waals surface area contributed by atoms with Crippen LogP contribution in [0.1, 0.15) is 50.7 Å². The Kier molecular flexibility index (Phi) is 17.5. The number of amides is 6. The number of aliphatic hydroxyl groups excluding tert-OH is 2. The number of β-amino-alcohol motifs (C(OH)–C–C–N with tert-alkyl or cyclic N) is 2. The molecule has 2 unspecified atom stereocenters. The number of nitrogens with zero attached hydrogens (tertiary/aromatic N) is 4. The highest BCUT2D eigenvalue weighted by Crippen LogP contribution is 2.39. The third-order valence-corrected chi connectivity index (χ3v) is 12.7. The first-order valence-electron chi connectivity index (χ1n) is 22.3. The molecular formula is C48H58Cl2F2N8O8. The lowest BCUT2D eigenvalue weighted by Gasteiger charge is -2.43. The highest BCUT2D eigenvalue weighted by molar-refractivity contribution is 6.31. The van der Waals surface area contributed by atoms with Crippen molar-refractivity contribution in [3.63, 3.8) is 0 Å². The fraction of sp³-hybridized carbons (Fsp3) is 0.417. The molecule has 6 amide bonds. The molecule has 0 aliphatic carbocycles. The average Bonchev–Trinajstić information content (AvgIpc) is 3.30. The van der Waals surface area contributed by atoms with E-state index in [0.29, 0.717) is 87.8 Å². The van der Waals surface area contributed by atoms with E-state index in [0.717, 1.165) is 11.1 Å². The molecule has 0 bridgehead atoms. The van der Waals surface area contributed by atoms with Crippen molar-refractivity contribution in [3.05, 3.63) is 118 Å². The molecule has 2 aliphatic heterocycles. The van der Waals surface area contributed by atoms with Gasteiger partial charge in [0.1, 0.15) is 34.5 Å². The number of carbonyl (C=O) groups excluding carboxylic acids is 4. The molecule has 4 aromatic rings. The second-order valence-electron chi connectivity index (χ2n) is 17.5. The van der Waals surface area contributed by atoms with Gasteiger partial charge < -0.3 is 51.6 Å². The van der Waals surface area contributed by atoms with Gasteiger partial charge in [0, 0.05) is 60.4 Å². The van der Waals surface area contributed by atoms with Crippen LogP contribution >= 0.6 is 23.2 Å². The van der Waals surface area contributed by atoms with E-state index >= 15 is 0 Å². The van der Waals surface area contributed by atoms with Gasteiger partial charge >= 0.3 is 12.1 Å². The zero-order chi connectivity index (χ0) is 49.2. The van der Waals surface area contributed by atoms with Crippen LogP contribution in [0.5, 0.6) is 11.5 Å². The monoisotopic (exact) mass is 982 g/mol. The van der Waals surface area contributed by atoms with Gasteiger partial charge in [0.15, 0.2) is 13.2 Å². The number of piperidine rings is 2. The van der Waals surface area contributed by atoms with E-state index in [2.05, 4.69) is 10.6 Å². The Hall–Kier alpha value is -5.76. The van der Waals surface area contributed by atoms with Crippen LogP contribution in [0.4, 0.5) is 29.7 Å². The van der Waals surface area contributed by atoms with Gasteiger partial charge in [0.2, 0.25) is 0 Å². The number of anilines is 2. The summed E-state index contributed by atoms with van der Waals surface area (Å²) < 4.78 is 39.4. The number of hydrogen-bond donors (Lipinski definition) is 6. The number of nitrogens with two attached hydrogens (primary N) is 2. The Morgan fingerprint density at radius 2 is 0.971 bits per heavy atom. The molecule has 2 saturated heterocycles. The van der Waals surface area contributed by atoms with E-state index in [1.54, 1.807) is 47.9 Å². The number of ether oxygens (including phenoxy) is 2. The summed E-state index contributed by atoms with van der Waals surface area (Å²) in [5, 5.41) is 28.6. The number of hydrazine groups is 1. The van der Waals surface area contributed by atoms with Crippen LogP contribution in [0, 0.1) is 11.6 Å². The number of likely N-dealkylation sites (tertiary alicyclic amines) is 2. The molecule has 4 aromatic carbocycles. The van der Waals surface area contributed by atoms with Gasteiger partial charge in [-0.15, -0.1) is 0 Å². The lowest BCUT2D eigenvalue weighted by atomic mass is 9.81. The molecule has 366 valence electrons. The minimum absolute atomic E-state index is 0.0720. The fourth-order valence-corrected chi connectivity index (χ4v) is 8.92. The van der Waals surface area contributed by atoms with Crippen LogP contribution in [0.3, 0.4) is 0 Å². The van der Waals surface area contributed by atoms with E-state index in [1.807, 2.05) is 0 Å². The average molecular weight is 984 g/mol. The molecule has 0 spiro atoms. The summed E-state index contributed by atoms with van der Waals surface area (Å²) in [6, 6.07) is 18.3. The summed E-state index contributed by atoms with van der Waals surface area (Å²) in [6.45, 7) is 4.37. The first kappa shape index (κ1) is 51.6. The molecule has 68 heavy (non-hydrogen) atoms. The SMILES string of the molecule is CC(O)CNC1(Cc2ccc(F)cc2)CCN(C(=O)COc2ccc(Cl)cc2N(C(N)=O)N(C(N)=O)c2cc(Cl)ccc2OCC(=O)N2CCC(Cc3ccc(F)cc3)(NCC(C)O)CC2)CC1. The van der Waals surface area contributed by atoms with Gasteiger partial charge in [-0.25, -0.2) is 18.4 Å². The number of hydrogen-bond acceptors (Lipinski definition) is 10. The Morgan fingerprint density at radius 3 is 1.28 bits per heavy atom. The summed E-state index contributed by atoms with van der Waals surface area (Å²) in [5.41, 5.74) is 12.4. The van der Waals surface area contributed by atoms with Gasteiger partial charge in [-0.05, 0) is 124 Å². The largest absolute Gasteiger partial charge is 0.482 e. The quantitative estimate of drug-likeness (QED) is 0.0683. The van der Waals surface area contributed by atoms with E-state index in [9.17, 15) is 38.2 Å². The minimum atomic E-state index is -1.22. The number of nitrogens with one attached hydrogen (secondary N) is 2. The minimum Gasteiger partial charge on any atom is -0.482 e. The number of rotatable bonds is 18. The standard InChI is InChI=1S/C48H58Cl2F2N8O8/c1-31(61)27-55-47(25-33-3-9-37(51)10-4-33)15-19-57(20-16-47)43(63)29-67-41-13-7-35(49)23-39(41)59(45(53)65)60(46(54)66)40-24-36(50)8-14-42(40)68-30-44(64)58-21-17-48(18-22-58,56-28-32(2)62)26-34-5-11-38(52)12-6-34/h3-14,23-24,31-32,55-56,61-62H,15-22,25-30H2,1-2H3,(H2,53,65)(H2,54,66). The molecule has 8 N–H and O–H groups in total. The Morgan fingerprint density at radius 1 is 0.632 bits per heavy atom. The molecular weight excluding hydrogens is 925 g/mol. The molecule has 16 nitrogen and oxygen atoms in total. The number of aliphatic hydroxyl groups is 2. The summed E-state index contributed by atoms with van der Waals surface area (Å²) in [5.74, 6) is -1.60. The highest BCUT2D eigenvalue weighted by atomic mass is 35.5. The maximum absolute atomic E-state index is 13.7. The zero-order valence-electron chi connectivity index (χ0n) is 37.9. The maximum atomic E-state index is 13.7. The van der Waals surface area contributed by atoms with Gasteiger partial charge in [-0.1, -0.05) is 47.5 Å². The Labute approximate surface area is 404 Å². The predicted molar refractivity (Wildman–Crippen MR) is 255 cm³/mol. The number of halogens is 4. The van der Waals surface area contributed by atoms with Crippen molar-refractivity contribution in [2.75, 3.05) is 62.5 Å². The topological polar surface area (TPSA) is 216 Å². The van der Waals surface area contributed by atoms with Crippen molar-refractivity contribution in [3.8, 4) is 11.5 Å². The normalized spacial score (nSPS) is 16.4. The van der Waals surface area contributed by atoms with E-state index in [-0.39, 0.29) is 56.4 Å².